The molecule has 1 aliphatic rings. The van der Waals surface area contributed by atoms with Crippen LogP contribution in [0.2, 0.25) is 0 Å². The lowest BCUT2D eigenvalue weighted by Gasteiger charge is -2.22. The van der Waals surface area contributed by atoms with Gasteiger partial charge in [-0.05, 0) is 17.5 Å². The minimum Gasteiger partial charge on any atom is -0.311 e. The fourth-order valence-electron chi connectivity index (χ4n) is 1.60. The average molecular weight is 160 g/mol. The second-order valence-corrected chi connectivity index (χ2v) is 3.13. The molecule has 0 bridgehead atoms. The van der Waals surface area contributed by atoms with Crippen LogP contribution in [-0.2, 0) is 13.0 Å². The molecule has 0 fully saturated rings. The molecule has 0 aromatic heterocycles. The Balaban J connectivity index is 2.28. The summed E-state index contributed by atoms with van der Waals surface area (Å²) in [5.74, 6) is 0. The summed E-state index contributed by atoms with van der Waals surface area (Å²) in [4.78, 5) is 0. The standard InChI is InChI=1S/C10H12N2/c11-6-10-5-8-3-1-2-4-9(8)7-12-10/h1-4,6,10-12H,5,7H2/t10-/m0/s1. The van der Waals surface area contributed by atoms with Gasteiger partial charge < -0.3 is 10.7 Å². The fraction of sp³-hybridized carbons (Fsp3) is 0.300. The van der Waals surface area contributed by atoms with Gasteiger partial charge in [-0.2, -0.15) is 0 Å². The van der Waals surface area contributed by atoms with Crippen molar-refractivity contribution in [2.75, 3.05) is 0 Å². The molecule has 0 saturated carbocycles. The summed E-state index contributed by atoms with van der Waals surface area (Å²) in [6.07, 6.45) is 2.44. The van der Waals surface area contributed by atoms with Crippen LogP contribution in [0, 0.1) is 5.41 Å². The van der Waals surface area contributed by atoms with E-state index >= 15 is 0 Å². The van der Waals surface area contributed by atoms with E-state index in [2.05, 4.69) is 29.6 Å². The first-order valence-corrected chi connectivity index (χ1v) is 4.21. The summed E-state index contributed by atoms with van der Waals surface area (Å²) in [7, 11) is 0. The van der Waals surface area contributed by atoms with Crippen molar-refractivity contribution in [3.8, 4) is 0 Å². The molecule has 62 valence electrons. The third-order valence-electron chi connectivity index (χ3n) is 2.31. The Hall–Kier alpha value is -1.15. The van der Waals surface area contributed by atoms with E-state index < -0.39 is 0 Å². The molecule has 1 aromatic rings. The van der Waals surface area contributed by atoms with Gasteiger partial charge in [-0.15, -0.1) is 0 Å². The van der Waals surface area contributed by atoms with E-state index in [1.54, 1.807) is 0 Å². The predicted molar refractivity (Wildman–Crippen MR) is 49.6 cm³/mol. The SMILES string of the molecule is N=C[C@@H]1Cc2ccccc2CN1. The molecule has 1 aromatic carbocycles. The average Bonchev–Trinajstić information content (AvgIpc) is 2.17. The van der Waals surface area contributed by atoms with Crippen LogP contribution in [0.15, 0.2) is 24.3 Å². The molecule has 0 aliphatic carbocycles. The van der Waals surface area contributed by atoms with Crippen molar-refractivity contribution in [3.63, 3.8) is 0 Å². The third kappa shape index (κ3) is 1.25. The number of fused-ring (bicyclic) bond motifs is 1. The summed E-state index contributed by atoms with van der Waals surface area (Å²) in [6, 6.07) is 8.64. The lowest BCUT2D eigenvalue weighted by Crippen LogP contribution is -2.36. The highest BCUT2D eigenvalue weighted by molar-refractivity contribution is 5.62. The second-order valence-electron chi connectivity index (χ2n) is 3.13. The smallest absolute Gasteiger partial charge is 0.0461 e. The van der Waals surface area contributed by atoms with Crippen LogP contribution >= 0.6 is 0 Å². The summed E-state index contributed by atoms with van der Waals surface area (Å²) >= 11 is 0. The molecule has 0 radical (unpaired) electrons. The zero-order valence-corrected chi connectivity index (χ0v) is 6.88. The van der Waals surface area contributed by atoms with Gasteiger partial charge in [0.25, 0.3) is 0 Å². The van der Waals surface area contributed by atoms with Crippen molar-refractivity contribution in [1.29, 1.82) is 5.41 Å². The highest BCUT2D eigenvalue weighted by atomic mass is 14.9. The van der Waals surface area contributed by atoms with E-state index in [-0.39, 0.29) is 6.04 Å². The first-order valence-electron chi connectivity index (χ1n) is 4.21. The number of rotatable bonds is 1. The van der Waals surface area contributed by atoms with Gasteiger partial charge in [0.2, 0.25) is 0 Å². The molecular formula is C10H12N2. The Labute approximate surface area is 72.1 Å². The van der Waals surface area contributed by atoms with Gasteiger partial charge in [0.05, 0.1) is 0 Å². The molecule has 1 atom stereocenters. The van der Waals surface area contributed by atoms with E-state index in [4.69, 9.17) is 5.41 Å². The van der Waals surface area contributed by atoms with Crippen LogP contribution in [0.5, 0.6) is 0 Å². The van der Waals surface area contributed by atoms with Crippen molar-refractivity contribution < 1.29 is 0 Å². The lowest BCUT2D eigenvalue weighted by molar-refractivity contribution is 0.583. The maximum atomic E-state index is 7.15. The highest BCUT2D eigenvalue weighted by Crippen LogP contribution is 2.14. The topological polar surface area (TPSA) is 35.9 Å². The quantitative estimate of drug-likeness (QED) is 0.598. The molecule has 2 nitrogen and oxygen atoms in total. The fourth-order valence-corrected chi connectivity index (χ4v) is 1.60. The van der Waals surface area contributed by atoms with E-state index in [0.29, 0.717) is 0 Å². The minimum atomic E-state index is 0.236. The molecule has 0 unspecified atom stereocenters. The Kier molecular flexibility index (Phi) is 1.92. The number of hydrogen-bond acceptors (Lipinski definition) is 2. The number of nitrogens with one attached hydrogen (secondary N) is 2. The van der Waals surface area contributed by atoms with E-state index in [1.807, 2.05) is 0 Å². The molecule has 1 aliphatic heterocycles. The largest absolute Gasteiger partial charge is 0.311 e. The maximum absolute atomic E-state index is 7.15. The molecule has 0 amide bonds. The maximum Gasteiger partial charge on any atom is 0.0461 e. The number of benzene rings is 1. The van der Waals surface area contributed by atoms with Gasteiger partial charge in [-0.3, -0.25) is 0 Å². The Morgan fingerprint density at radius 1 is 1.33 bits per heavy atom. The van der Waals surface area contributed by atoms with Gasteiger partial charge in [0.1, 0.15) is 0 Å². The van der Waals surface area contributed by atoms with Gasteiger partial charge in [0.15, 0.2) is 0 Å². The third-order valence-corrected chi connectivity index (χ3v) is 2.31. The molecule has 2 heteroatoms. The van der Waals surface area contributed by atoms with Gasteiger partial charge in [0, 0.05) is 18.8 Å². The molecule has 0 spiro atoms. The minimum absolute atomic E-state index is 0.236. The van der Waals surface area contributed by atoms with Crippen molar-refractivity contribution >= 4 is 6.21 Å². The lowest BCUT2D eigenvalue weighted by atomic mass is 9.97. The first-order chi connectivity index (χ1) is 5.90. The van der Waals surface area contributed by atoms with Gasteiger partial charge >= 0.3 is 0 Å². The summed E-state index contributed by atoms with van der Waals surface area (Å²) in [5.41, 5.74) is 2.75. The van der Waals surface area contributed by atoms with Gasteiger partial charge in [-0.25, -0.2) is 0 Å². The van der Waals surface area contributed by atoms with E-state index in [9.17, 15) is 0 Å². The normalized spacial score (nSPS) is 21.5. The molecule has 12 heavy (non-hydrogen) atoms. The van der Waals surface area contributed by atoms with Crippen LogP contribution in [0.1, 0.15) is 11.1 Å². The monoisotopic (exact) mass is 160 g/mol. The van der Waals surface area contributed by atoms with Crippen LogP contribution in [0.3, 0.4) is 0 Å². The summed E-state index contributed by atoms with van der Waals surface area (Å²) < 4.78 is 0. The van der Waals surface area contributed by atoms with Crippen molar-refractivity contribution in [3.05, 3.63) is 35.4 Å². The Morgan fingerprint density at radius 3 is 2.83 bits per heavy atom. The molecule has 2 rings (SSSR count). The van der Waals surface area contributed by atoms with Crippen molar-refractivity contribution in [2.24, 2.45) is 0 Å². The Morgan fingerprint density at radius 2 is 2.08 bits per heavy atom. The zero-order valence-electron chi connectivity index (χ0n) is 6.88. The molecular weight excluding hydrogens is 148 g/mol. The number of hydrogen-bond donors (Lipinski definition) is 2. The van der Waals surface area contributed by atoms with Crippen molar-refractivity contribution in [2.45, 2.75) is 19.0 Å². The van der Waals surface area contributed by atoms with E-state index in [1.165, 1.54) is 17.3 Å². The molecule has 0 saturated heterocycles. The van der Waals surface area contributed by atoms with Crippen LogP contribution in [0.25, 0.3) is 0 Å². The second kappa shape index (κ2) is 3.07. The molecule has 1 heterocycles. The van der Waals surface area contributed by atoms with Crippen LogP contribution in [0.4, 0.5) is 0 Å². The Bertz CT molecular complexity index is 294. The van der Waals surface area contributed by atoms with Crippen LogP contribution < -0.4 is 5.32 Å². The first kappa shape index (κ1) is 7.50. The zero-order chi connectivity index (χ0) is 8.39. The highest BCUT2D eigenvalue weighted by Gasteiger charge is 2.14. The van der Waals surface area contributed by atoms with Crippen LogP contribution in [-0.4, -0.2) is 12.3 Å². The summed E-state index contributed by atoms with van der Waals surface area (Å²) in [6.45, 7) is 0.899. The predicted octanol–water partition coefficient (Wildman–Crippen LogP) is 1.35. The summed E-state index contributed by atoms with van der Waals surface area (Å²) in [5, 5.41) is 10.4. The van der Waals surface area contributed by atoms with Gasteiger partial charge in [-0.1, -0.05) is 24.3 Å². The van der Waals surface area contributed by atoms with Crippen molar-refractivity contribution in [1.82, 2.24) is 5.32 Å². The van der Waals surface area contributed by atoms with E-state index in [0.717, 1.165) is 13.0 Å². The molecule has 2 N–H and O–H groups in total.